The Labute approximate surface area is 229 Å². The number of phenols is 1. The molecular weight excluding hydrogens is 502 g/mol. The van der Waals surface area contributed by atoms with Crippen molar-refractivity contribution in [2.75, 3.05) is 20.2 Å². The number of methoxy groups -OCH3 is 1. The first kappa shape index (κ1) is 31.1. The molecule has 0 radical (unpaired) electrons. The van der Waals surface area contributed by atoms with Crippen LogP contribution < -0.4 is 10.6 Å². The van der Waals surface area contributed by atoms with Crippen molar-refractivity contribution >= 4 is 23.9 Å². The van der Waals surface area contributed by atoms with Gasteiger partial charge < -0.3 is 30.1 Å². The molecule has 0 saturated carbocycles. The summed E-state index contributed by atoms with van der Waals surface area (Å²) in [4.78, 5) is 53.3. The largest absolute Gasteiger partial charge is 0.508 e. The van der Waals surface area contributed by atoms with Crippen molar-refractivity contribution in [1.29, 1.82) is 0 Å². The number of alkyl carbamates (subject to hydrolysis) is 1. The van der Waals surface area contributed by atoms with Crippen LogP contribution >= 0.6 is 0 Å². The molecule has 0 fully saturated rings. The van der Waals surface area contributed by atoms with Gasteiger partial charge in [-0.15, -0.1) is 0 Å². The average Bonchev–Trinajstić information content (AvgIpc) is 2.86. The van der Waals surface area contributed by atoms with Gasteiger partial charge in [-0.2, -0.15) is 0 Å². The second kappa shape index (κ2) is 13.6. The minimum atomic E-state index is -1.09. The van der Waals surface area contributed by atoms with Crippen LogP contribution in [0, 0.1) is 13.8 Å². The predicted octanol–water partition coefficient (Wildman–Crippen LogP) is 3.32. The van der Waals surface area contributed by atoms with Crippen molar-refractivity contribution in [2.24, 2.45) is 0 Å². The van der Waals surface area contributed by atoms with E-state index in [0.29, 0.717) is 11.1 Å². The molecule has 10 heteroatoms. The number of nitrogens with zero attached hydrogens (tertiary/aromatic N) is 1. The fourth-order valence-electron chi connectivity index (χ4n) is 3.92. The van der Waals surface area contributed by atoms with E-state index in [2.05, 4.69) is 15.4 Å². The molecule has 39 heavy (non-hydrogen) atoms. The molecule has 0 aliphatic heterocycles. The Balaban J connectivity index is 2.50. The van der Waals surface area contributed by atoms with Gasteiger partial charge in [0.25, 0.3) is 0 Å². The molecule has 212 valence electrons. The number of phenolic OH excluding ortho intramolecular Hbond substituents is 1. The quantitative estimate of drug-likeness (QED) is 0.393. The van der Waals surface area contributed by atoms with E-state index in [1.54, 1.807) is 45.9 Å². The van der Waals surface area contributed by atoms with Crippen molar-refractivity contribution < 1.29 is 33.8 Å². The second-order valence-electron chi connectivity index (χ2n) is 10.2. The fourth-order valence-corrected chi connectivity index (χ4v) is 3.92. The number of hydrogen-bond acceptors (Lipinski definition) is 7. The average molecular weight is 542 g/mol. The lowest BCUT2D eigenvalue weighted by molar-refractivity contribution is -0.144. The molecule has 0 heterocycles. The van der Waals surface area contributed by atoms with Gasteiger partial charge in [0.1, 0.15) is 30.0 Å². The SMILES string of the molecule is CCN(C(=O)C(Cc1ccc(O)cc1)NC(=O)OC(C)(C)C)C(C(=O)NCC(=O)OC)c1ccc(C)c(C)c1. The summed E-state index contributed by atoms with van der Waals surface area (Å²) in [5.74, 6) is -1.66. The topological polar surface area (TPSA) is 134 Å². The van der Waals surface area contributed by atoms with Crippen molar-refractivity contribution in [3.63, 3.8) is 0 Å². The van der Waals surface area contributed by atoms with E-state index in [9.17, 15) is 24.3 Å². The standard InChI is InChI=1S/C29H39N3O7/c1-8-32(25(26(35)30-17-24(34)38-7)21-12-9-18(2)19(3)15-21)27(36)23(31-28(37)39-29(4,5)6)16-20-10-13-22(33)14-11-20/h9-15,23,25,33H,8,16-17H2,1-7H3,(H,30,35)(H,31,37). The molecule has 0 aromatic heterocycles. The summed E-state index contributed by atoms with van der Waals surface area (Å²) in [6, 6.07) is 9.53. The van der Waals surface area contributed by atoms with Crippen molar-refractivity contribution in [3.05, 3.63) is 64.7 Å². The lowest BCUT2D eigenvalue weighted by atomic mass is 9.97. The number of hydrogen-bond donors (Lipinski definition) is 3. The van der Waals surface area contributed by atoms with Gasteiger partial charge in [-0.3, -0.25) is 14.4 Å². The maximum atomic E-state index is 14.0. The Morgan fingerprint density at radius 2 is 1.64 bits per heavy atom. The molecule has 2 rings (SSSR count). The number of ether oxygens (including phenoxy) is 2. The summed E-state index contributed by atoms with van der Waals surface area (Å²) >= 11 is 0. The number of likely N-dealkylation sites (N-methyl/N-ethyl adjacent to an activating group) is 1. The molecule has 2 unspecified atom stereocenters. The van der Waals surface area contributed by atoms with E-state index in [1.807, 2.05) is 26.0 Å². The van der Waals surface area contributed by atoms with Crippen LogP contribution in [0.15, 0.2) is 42.5 Å². The highest BCUT2D eigenvalue weighted by Gasteiger charge is 2.36. The smallest absolute Gasteiger partial charge is 0.408 e. The number of nitrogens with one attached hydrogen (secondary N) is 2. The number of aromatic hydroxyl groups is 1. The van der Waals surface area contributed by atoms with Crippen LogP contribution in [0.25, 0.3) is 0 Å². The Kier molecular flexibility index (Phi) is 10.9. The van der Waals surface area contributed by atoms with Gasteiger partial charge >= 0.3 is 12.1 Å². The van der Waals surface area contributed by atoms with E-state index in [1.165, 1.54) is 24.1 Å². The molecule has 2 atom stereocenters. The Hall–Kier alpha value is -4.08. The lowest BCUT2D eigenvalue weighted by Crippen LogP contribution is -2.54. The van der Waals surface area contributed by atoms with Crippen molar-refractivity contribution in [3.8, 4) is 5.75 Å². The highest BCUT2D eigenvalue weighted by atomic mass is 16.6. The van der Waals surface area contributed by atoms with Crippen LogP contribution in [0.1, 0.15) is 56.0 Å². The summed E-state index contributed by atoms with van der Waals surface area (Å²) in [5.41, 5.74) is 2.37. The maximum absolute atomic E-state index is 14.0. The first-order valence-electron chi connectivity index (χ1n) is 12.7. The predicted molar refractivity (Wildman–Crippen MR) is 146 cm³/mol. The van der Waals surface area contributed by atoms with Crippen LogP contribution in [-0.2, 0) is 30.3 Å². The van der Waals surface area contributed by atoms with Crippen LogP contribution in [0.4, 0.5) is 4.79 Å². The molecule has 2 aromatic carbocycles. The minimum absolute atomic E-state index is 0.0639. The number of carbonyl (C=O) groups excluding carboxylic acids is 4. The van der Waals surface area contributed by atoms with Crippen LogP contribution in [0.3, 0.4) is 0 Å². The Morgan fingerprint density at radius 1 is 1.00 bits per heavy atom. The van der Waals surface area contributed by atoms with Gasteiger partial charge in [0.15, 0.2) is 0 Å². The fraction of sp³-hybridized carbons (Fsp3) is 0.448. The first-order valence-corrected chi connectivity index (χ1v) is 12.7. The zero-order chi connectivity index (χ0) is 29.3. The zero-order valence-corrected chi connectivity index (χ0v) is 23.7. The van der Waals surface area contributed by atoms with Gasteiger partial charge in [-0.25, -0.2) is 4.79 Å². The van der Waals surface area contributed by atoms with Gasteiger partial charge in [-0.05, 0) is 75.9 Å². The summed E-state index contributed by atoms with van der Waals surface area (Å²) in [6.45, 7) is 10.5. The molecule has 3 amide bonds. The first-order chi connectivity index (χ1) is 18.2. The summed E-state index contributed by atoms with van der Waals surface area (Å²) < 4.78 is 10.0. The lowest BCUT2D eigenvalue weighted by Gasteiger charge is -2.34. The monoisotopic (exact) mass is 541 g/mol. The van der Waals surface area contributed by atoms with E-state index < -0.39 is 41.6 Å². The van der Waals surface area contributed by atoms with Gasteiger partial charge in [0, 0.05) is 13.0 Å². The Morgan fingerprint density at radius 3 is 2.18 bits per heavy atom. The van der Waals surface area contributed by atoms with Crippen molar-refractivity contribution in [2.45, 2.75) is 65.6 Å². The van der Waals surface area contributed by atoms with Crippen LogP contribution in [0.2, 0.25) is 0 Å². The third-order valence-electron chi connectivity index (χ3n) is 6.03. The molecule has 0 saturated heterocycles. The molecule has 0 bridgehead atoms. The van der Waals surface area contributed by atoms with E-state index in [0.717, 1.165) is 11.1 Å². The highest BCUT2D eigenvalue weighted by molar-refractivity contribution is 5.93. The van der Waals surface area contributed by atoms with E-state index in [-0.39, 0.29) is 25.3 Å². The second-order valence-corrected chi connectivity index (χ2v) is 10.2. The molecule has 3 N–H and O–H groups in total. The van der Waals surface area contributed by atoms with Crippen LogP contribution in [-0.4, -0.2) is 65.7 Å². The summed E-state index contributed by atoms with van der Waals surface area (Å²) in [5, 5.41) is 14.9. The number of rotatable bonds is 10. The number of amides is 3. The zero-order valence-electron chi connectivity index (χ0n) is 23.7. The molecule has 2 aromatic rings. The number of aryl methyl sites for hydroxylation is 2. The normalized spacial score (nSPS) is 12.6. The molecule has 0 aliphatic rings. The van der Waals surface area contributed by atoms with E-state index >= 15 is 0 Å². The molecule has 10 nitrogen and oxygen atoms in total. The summed E-state index contributed by atoms with van der Waals surface area (Å²) in [6.07, 6.45) is -0.702. The minimum Gasteiger partial charge on any atom is -0.508 e. The number of esters is 1. The number of carbonyl (C=O) groups is 4. The third kappa shape index (κ3) is 9.31. The maximum Gasteiger partial charge on any atom is 0.408 e. The van der Waals surface area contributed by atoms with Crippen LogP contribution in [0.5, 0.6) is 5.75 Å². The van der Waals surface area contributed by atoms with Gasteiger partial charge in [-0.1, -0.05) is 30.3 Å². The summed E-state index contributed by atoms with van der Waals surface area (Å²) in [7, 11) is 1.22. The highest BCUT2D eigenvalue weighted by Crippen LogP contribution is 2.25. The number of benzene rings is 2. The molecule has 0 spiro atoms. The van der Waals surface area contributed by atoms with Crippen molar-refractivity contribution in [1.82, 2.24) is 15.5 Å². The van der Waals surface area contributed by atoms with Gasteiger partial charge in [0.05, 0.1) is 7.11 Å². The third-order valence-corrected chi connectivity index (χ3v) is 6.03. The van der Waals surface area contributed by atoms with Gasteiger partial charge in [0.2, 0.25) is 11.8 Å². The Bertz CT molecular complexity index is 1170. The molecular formula is C29H39N3O7. The van der Waals surface area contributed by atoms with E-state index in [4.69, 9.17) is 4.74 Å². The molecule has 0 aliphatic carbocycles.